The minimum atomic E-state index is -4.13. The molecule has 3 aromatic rings. The van der Waals surface area contributed by atoms with Crippen LogP contribution in [0.1, 0.15) is 0 Å². The second kappa shape index (κ2) is 7.29. The van der Waals surface area contributed by atoms with Crippen molar-refractivity contribution >= 4 is 46.9 Å². The van der Waals surface area contributed by atoms with Gasteiger partial charge in [0.25, 0.3) is 10.0 Å². The van der Waals surface area contributed by atoms with Gasteiger partial charge in [0.15, 0.2) is 0 Å². The normalized spacial score (nSPS) is 12.6. The first-order valence-electron chi connectivity index (χ1n) is 7.56. The molecule has 0 fully saturated rings. The van der Waals surface area contributed by atoms with E-state index in [9.17, 15) is 25.3 Å². The van der Waals surface area contributed by atoms with Crippen LogP contribution in [0.3, 0.4) is 0 Å². The number of nitrogens with two attached hydrogens (primary N) is 1. The Morgan fingerprint density at radius 3 is 1.96 bits per heavy atom. The third-order valence-electron chi connectivity index (χ3n) is 3.55. The minimum Gasteiger partial charge on any atom is -0.279 e. The van der Waals surface area contributed by atoms with Crippen LogP contribution in [0.4, 0.5) is 5.69 Å². The lowest BCUT2D eigenvalue weighted by atomic mass is 10.3. The molecule has 0 aliphatic carbocycles. The zero-order chi connectivity index (χ0) is 20.6. The standard InChI is InChI=1S/C16H14N2O6S4/c17-27(21,22)14-8-4-5-12(11-14)18-28(23,24)16-10-9-15(25-16)26(19,20)13-6-2-1-3-7-13/h1-11,18H,(H2,17,21,22). The Morgan fingerprint density at radius 1 is 0.714 bits per heavy atom. The molecule has 148 valence electrons. The number of benzene rings is 2. The summed E-state index contributed by atoms with van der Waals surface area (Å²) in [5.74, 6) is 0. The summed E-state index contributed by atoms with van der Waals surface area (Å²) in [6.45, 7) is 0. The number of primary sulfonamides is 1. The van der Waals surface area contributed by atoms with Gasteiger partial charge < -0.3 is 0 Å². The average Bonchev–Trinajstić information content (AvgIpc) is 3.14. The van der Waals surface area contributed by atoms with Crippen molar-refractivity contribution in [3.8, 4) is 0 Å². The van der Waals surface area contributed by atoms with Gasteiger partial charge in [-0.1, -0.05) is 24.3 Å². The highest BCUT2D eigenvalue weighted by atomic mass is 32.3. The Bertz CT molecular complexity index is 1330. The van der Waals surface area contributed by atoms with Crippen LogP contribution in [-0.4, -0.2) is 25.3 Å². The predicted octanol–water partition coefficient (Wildman–Crippen LogP) is 2.03. The van der Waals surface area contributed by atoms with E-state index in [0.717, 1.165) is 6.07 Å². The van der Waals surface area contributed by atoms with Crippen molar-refractivity contribution in [1.82, 2.24) is 0 Å². The van der Waals surface area contributed by atoms with E-state index in [1.54, 1.807) is 18.2 Å². The Balaban J connectivity index is 1.93. The Morgan fingerprint density at radius 2 is 1.32 bits per heavy atom. The molecule has 1 aromatic heterocycles. The van der Waals surface area contributed by atoms with Crippen LogP contribution in [-0.2, 0) is 29.9 Å². The first-order valence-corrected chi connectivity index (χ1v) is 12.9. The van der Waals surface area contributed by atoms with Crippen LogP contribution in [0.25, 0.3) is 0 Å². The van der Waals surface area contributed by atoms with Gasteiger partial charge in [-0.15, -0.1) is 11.3 Å². The van der Waals surface area contributed by atoms with Gasteiger partial charge in [-0.2, -0.15) is 0 Å². The van der Waals surface area contributed by atoms with Crippen molar-refractivity contribution in [2.45, 2.75) is 18.2 Å². The third kappa shape index (κ3) is 4.25. The van der Waals surface area contributed by atoms with Gasteiger partial charge in [0.05, 0.1) is 15.5 Å². The third-order valence-corrected chi connectivity index (χ3v) is 9.69. The first kappa shape index (κ1) is 20.5. The van der Waals surface area contributed by atoms with Gasteiger partial charge in [0.1, 0.15) is 8.42 Å². The van der Waals surface area contributed by atoms with E-state index in [1.165, 1.54) is 42.5 Å². The van der Waals surface area contributed by atoms with Crippen molar-refractivity contribution in [1.29, 1.82) is 0 Å². The summed E-state index contributed by atoms with van der Waals surface area (Å²) in [5.41, 5.74) is -0.0209. The van der Waals surface area contributed by atoms with Crippen molar-refractivity contribution < 1.29 is 25.3 Å². The lowest BCUT2D eigenvalue weighted by Gasteiger charge is -2.07. The fourth-order valence-electron chi connectivity index (χ4n) is 2.25. The number of sulfone groups is 1. The smallest absolute Gasteiger partial charge is 0.271 e. The number of hydrogen-bond donors (Lipinski definition) is 2. The van der Waals surface area contributed by atoms with Crippen molar-refractivity contribution in [3.63, 3.8) is 0 Å². The maximum Gasteiger partial charge on any atom is 0.271 e. The monoisotopic (exact) mass is 458 g/mol. The van der Waals surface area contributed by atoms with Crippen LogP contribution in [0.5, 0.6) is 0 Å². The van der Waals surface area contributed by atoms with E-state index in [1.807, 2.05) is 0 Å². The van der Waals surface area contributed by atoms with E-state index in [-0.39, 0.29) is 23.9 Å². The predicted molar refractivity (Wildman–Crippen MR) is 105 cm³/mol. The zero-order valence-electron chi connectivity index (χ0n) is 14.0. The molecule has 1 heterocycles. The summed E-state index contributed by atoms with van der Waals surface area (Å²) in [4.78, 5) is -0.208. The lowest BCUT2D eigenvalue weighted by Crippen LogP contribution is -2.14. The van der Waals surface area contributed by atoms with E-state index in [0.29, 0.717) is 11.3 Å². The van der Waals surface area contributed by atoms with Gasteiger partial charge in [0.2, 0.25) is 19.9 Å². The highest BCUT2D eigenvalue weighted by molar-refractivity contribution is 7.96. The molecule has 28 heavy (non-hydrogen) atoms. The summed E-state index contributed by atoms with van der Waals surface area (Å²) in [5, 5.41) is 5.04. The quantitative estimate of drug-likeness (QED) is 0.579. The summed E-state index contributed by atoms with van der Waals surface area (Å²) in [7, 11) is -12.0. The molecule has 3 N–H and O–H groups in total. The fourth-order valence-corrected chi connectivity index (χ4v) is 7.05. The number of sulfonamides is 2. The van der Waals surface area contributed by atoms with Crippen molar-refractivity contribution in [3.05, 3.63) is 66.7 Å². The number of hydrogen-bond acceptors (Lipinski definition) is 7. The second-order valence-corrected chi connectivity index (χ2v) is 12.3. The molecule has 0 saturated heterocycles. The molecule has 0 aliphatic rings. The van der Waals surface area contributed by atoms with Crippen LogP contribution >= 0.6 is 11.3 Å². The van der Waals surface area contributed by atoms with Crippen LogP contribution < -0.4 is 9.86 Å². The van der Waals surface area contributed by atoms with Gasteiger partial charge in [-0.05, 0) is 42.5 Å². The van der Waals surface area contributed by atoms with Crippen LogP contribution in [0.15, 0.2) is 84.9 Å². The fraction of sp³-hybridized carbons (Fsp3) is 0. The Hall–Kier alpha value is -2.25. The Kier molecular flexibility index (Phi) is 5.34. The molecular weight excluding hydrogens is 444 g/mol. The molecular formula is C16H14N2O6S4. The largest absolute Gasteiger partial charge is 0.279 e. The van der Waals surface area contributed by atoms with Gasteiger partial charge >= 0.3 is 0 Å². The SMILES string of the molecule is NS(=O)(=O)c1cccc(NS(=O)(=O)c2ccc(S(=O)(=O)c3ccccc3)s2)c1. The van der Waals surface area contributed by atoms with Crippen molar-refractivity contribution in [2.24, 2.45) is 5.14 Å². The van der Waals surface area contributed by atoms with Gasteiger partial charge in [-0.3, -0.25) is 4.72 Å². The Labute approximate surface area is 166 Å². The number of thiophene rings is 1. The van der Waals surface area contributed by atoms with Gasteiger partial charge in [-0.25, -0.2) is 30.4 Å². The van der Waals surface area contributed by atoms with E-state index in [2.05, 4.69) is 4.72 Å². The molecule has 0 atom stereocenters. The molecule has 0 saturated carbocycles. The van der Waals surface area contributed by atoms with Crippen LogP contribution in [0, 0.1) is 0 Å². The minimum absolute atomic E-state index is 0.0209. The molecule has 0 bridgehead atoms. The molecule has 0 aliphatic heterocycles. The highest BCUT2D eigenvalue weighted by Gasteiger charge is 2.24. The number of nitrogens with one attached hydrogen (secondary N) is 1. The lowest BCUT2D eigenvalue weighted by molar-refractivity contribution is 0.596. The molecule has 12 heteroatoms. The zero-order valence-corrected chi connectivity index (χ0v) is 17.3. The second-order valence-electron chi connectivity index (χ2n) is 5.57. The molecule has 0 unspecified atom stereocenters. The summed E-state index contributed by atoms with van der Waals surface area (Å²) in [6, 6.07) is 15.0. The molecule has 0 spiro atoms. The van der Waals surface area contributed by atoms with Gasteiger partial charge in [0, 0.05) is 0 Å². The first-order chi connectivity index (χ1) is 13.0. The average molecular weight is 459 g/mol. The maximum absolute atomic E-state index is 12.6. The molecule has 0 amide bonds. The van der Waals surface area contributed by atoms with E-state index in [4.69, 9.17) is 5.14 Å². The highest BCUT2D eigenvalue weighted by Crippen LogP contribution is 2.31. The molecule has 8 nitrogen and oxygen atoms in total. The van der Waals surface area contributed by atoms with Crippen LogP contribution in [0.2, 0.25) is 0 Å². The van der Waals surface area contributed by atoms with E-state index < -0.39 is 29.9 Å². The summed E-state index contributed by atoms with van der Waals surface area (Å²) in [6.07, 6.45) is 0. The number of anilines is 1. The van der Waals surface area contributed by atoms with Crippen molar-refractivity contribution in [2.75, 3.05) is 4.72 Å². The molecule has 3 rings (SSSR count). The molecule has 2 aromatic carbocycles. The summed E-state index contributed by atoms with van der Waals surface area (Å²) < 4.78 is 75.0. The number of rotatable bonds is 6. The van der Waals surface area contributed by atoms with E-state index >= 15 is 0 Å². The maximum atomic E-state index is 12.6. The molecule has 0 radical (unpaired) electrons. The summed E-state index contributed by atoms with van der Waals surface area (Å²) >= 11 is 0.589. The topological polar surface area (TPSA) is 140 Å².